The van der Waals surface area contributed by atoms with E-state index >= 15 is 0 Å². The number of carbonyl (C=O) groups excluding carboxylic acids is 2. The minimum atomic E-state index is -0.412. The lowest BCUT2D eigenvalue weighted by Gasteiger charge is -2.26. The van der Waals surface area contributed by atoms with Crippen molar-refractivity contribution in [1.29, 1.82) is 0 Å². The number of aromatic nitrogens is 4. The van der Waals surface area contributed by atoms with Crippen LogP contribution in [0, 0.1) is 6.92 Å². The summed E-state index contributed by atoms with van der Waals surface area (Å²) in [4.78, 5) is 38.2. The predicted molar refractivity (Wildman–Crippen MR) is 244 cm³/mol. The second-order valence-corrected chi connectivity index (χ2v) is 13.7. The number of benzene rings is 4. The molecule has 0 unspecified atom stereocenters. The Morgan fingerprint density at radius 3 is 2.44 bits per heavy atom. The normalized spacial score (nSPS) is 12.7. The van der Waals surface area contributed by atoms with Gasteiger partial charge >= 0.3 is 6.03 Å². The van der Waals surface area contributed by atoms with Gasteiger partial charge in [0.1, 0.15) is 17.3 Å². The number of aryl methyl sites for hydroxylation is 1. The van der Waals surface area contributed by atoms with Gasteiger partial charge in [-0.2, -0.15) is 10.1 Å². The first kappa shape index (κ1) is 42.8. The van der Waals surface area contributed by atoms with E-state index in [1.165, 1.54) is 0 Å². The quantitative estimate of drug-likeness (QED) is 0.0651. The molecule has 0 bridgehead atoms. The Kier molecular flexibility index (Phi) is 15.4. The topological polar surface area (TPSA) is 157 Å². The molecule has 59 heavy (non-hydrogen) atoms. The van der Waals surface area contributed by atoms with Crippen LogP contribution in [0.25, 0.3) is 16.5 Å². The van der Waals surface area contributed by atoms with Crippen LogP contribution >= 0.6 is 22.6 Å². The lowest BCUT2D eigenvalue weighted by Crippen LogP contribution is -2.41. The lowest BCUT2D eigenvalue weighted by molar-refractivity contribution is 0.0383. The number of hydrogen-bond acceptors (Lipinski definition) is 10. The summed E-state index contributed by atoms with van der Waals surface area (Å²) < 4.78 is 25.1. The number of morpholine rings is 1. The van der Waals surface area contributed by atoms with Crippen molar-refractivity contribution < 1.29 is 25.2 Å². The van der Waals surface area contributed by atoms with Crippen molar-refractivity contribution in [3.05, 3.63) is 114 Å². The summed E-state index contributed by atoms with van der Waals surface area (Å²) >= 11 is 1.96. The van der Waals surface area contributed by atoms with Crippen molar-refractivity contribution in [2.45, 2.75) is 34.1 Å². The first-order valence-corrected chi connectivity index (χ1v) is 20.3. The fourth-order valence-corrected chi connectivity index (χ4v) is 6.27. The Bertz CT molecular complexity index is 2350. The number of rotatable bonds is 13. The molecular formula is C44H52IN9O5. The van der Waals surface area contributed by atoms with Crippen molar-refractivity contribution in [1.82, 2.24) is 30.0 Å². The van der Waals surface area contributed by atoms with E-state index in [4.69, 9.17) is 20.7 Å². The Balaban J connectivity index is 0.00000166. The van der Waals surface area contributed by atoms with Gasteiger partial charge in [0, 0.05) is 74.0 Å². The number of nitrogens with one attached hydrogen (secondary N) is 4. The standard InChI is InChI=1S/C42H45N9O5.CH3I.CH4/c1-27(2)36-26-38(51(49-36)31-11-9-28(3)10-12-31)47-42(53)46-35-13-14-37(34-8-6-5-7-33(34)35)56-39-15-16-44-41(48-39)45-30-23-29(24-32(25-30)54-4)40(52)43-17-18-50-19-21-55-22-20-50;1-2;/h5-16,23-27H,17-22H2,1-4H3,(H,43,52)(H,44,45,48)(H2,46,47,53);1H3;1H4/i;1D;. The summed E-state index contributed by atoms with van der Waals surface area (Å²) in [6.07, 6.45) is 1.58. The third-order valence-corrected chi connectivity index (χ3v) is 9.29. The number of anilines is 4. The van der Waals surface area contributed by atoms with E-state index in [9.17, 15) is 9.59 Å². The molecule has 4 N–H and O–H groups in total. The maximum atomic E-state index is 13.5. The summed E-state index contributed by atoms with van der Waals surface area (Å²) in [7, 11) is 1.55. The van der Waals surface area contributed by atoms with Crippen LogP contribution in [0.2, 0.25) is 0 Å². The van der Waals surface area contributed by atoms with Crippen LogP contribution in [0.1, 0.15) is 50.2 Å². The second kappa shape index (κ2) is 21.3. The zero-order chi connectivity index (χ0) is 41.7. The highest BCUT2D eigenvalue weighted by atomic mass is 127. The fraction of sp³-hybridized carbons (Fsp3) is 0.295. The molecule has 0 spiro atoms. The molecule has 3 amide bonds. The van der Waals surface area contributed by atoms with E-state index in [1.807, 2.05) is 84.1 Å². The van der Waals surface area contributed by atoms with Crippen LogP contribution in [-0.4, -0.2) is 88.0 Å². The highest BCUT2D eigenvalue weighted by molar-refractivity contribution is 14.1. The van der Waals surface area contributed by atoms with E-state index < -0.39 is 6.03 Å². The molecule has 1 fully saturated rings. The molecule has 310 valence electrons. The van der Waals surface area contributed by atoms with E-state index in [0.717, 1.165) is 47.4 Å². The third kappa shape index (κ3) is 11.7. The van der Waals surface area contributed by atoms with Gasteiger partial charge < -0.3 is 30.2 Å². The number of hydrogen-bond donors (Lipinski definition) is 4. The molecule has 4 aromatic carbocycles. The van der Waals surface area contributed by atoms with Crippen LogP contribution in [-0.2, 0) is 4.74 Å². The lowest BCUT2D eigenvalue weighted by atomic mass is 10.1. The average molecular weight is 915 g/mol. The van der Waals surface area contributed by atoms with Crippen molar-refractivity contribution >= 4 is 68.4 Å². The van der Waals surface area contributed by atoms with Gasteiger partial charge in [-0.3, -0.25) is 15.0 Å². The molecule has 1 saturated heterocycles. The molecule has 0 saturated carbocycles. The molecule has 1 aliphatic rings. The molecule has 14 nitrogen and oxygen atoms in total. The summed E-state index contributed by atoms with van der Waals surface area (Å²) in [5.41, 5.74) is 4.45. The number of alkyl halides is 1. The Hall–Kier alpha value is -5.78. The van der Waals surface area contributed by atoms with Crippen LogP contribution < -0.4 is 30.7 Å². The van der Waals surface area contributed by atoms with Gasteiger partial charge in [0.05, 0.1) is 37.4 Å². The number of halogens is 1. The Labute approximate surface area is 360 Å². The molecule has 0 radical (unpaired) electrons. The highest BCUT2D eigenvalue weighted by Gasteiger charge is 2.17. The average Bonchev–Trinajstić information content (AvgIpc) is 3.66. The van der Waals surface area contributed by atoms with E-state index in [0.29, 0.717) is 64.8 Å². The molecular weight excluding hydrogens is 861 g/mol. The Morgan fingerprint density at radius 2 is 1.71 bits per heavy atom. The van der Waals surface area contributed by atoms with Gasteiger partial charge in [0.25, 0.3) is 5.91 Å². The van der Waals surface area contributed by atoms with Gasteiger partial charge in [-0.15, -0.1) is 0 Å². The van der Waals surface area contributed by atoms with Crippen LogP contribution in [0.4, 0.5) is 27.9 Å². The minimum absolute atomic E-state index is 0. The van der Waals surface area contributed by atoms with E-state index in [2.05, 4.69) is 50.0 Å². The Morgan fingerprint density at radius 1 is 0.966 bits per heavy atom. The van der Waals surface area contributed by atoms with Crippen LogP contribution in [0.3, 0.4) is 0 Å². The summed E-state index contributed by atoms with van der Waals surface area (Å²) in [5, 5.41) is 18.5. The number of fused-ring (bicyclic) bond motifs is 1. The number of amides is 3. The van der Waals surface area contributed by atoms with Gasteiger partial charge in [-0.1, -0.05) is 85.8 Å². The van der Waals surface area contributed by atoms with Crippen molar-refractivity contribution in [2.24, 2.45) is 0 Å². The minimum Gasteiger partial charge on any atom is -0.497 e. The maximum absolute atomic E-state index is 13.5. The van der Waals surface area contributed by atoms with Gasteiger partial charge in [0.15, 0.2) is 0 Å². The van der Waals surface area contributed by atoms with Gasteiger partial charge in [0.2, 0.25) is 11.8 Å². The number of methoxy groups -OCH3 is 1. The SMILES string of the molecule is C.COc1cc(Nc2nccc(Oc3ccc(NC(=O)Nc4cc(C(C)C)nn4-c4ccc(C)cc4)c4ccccc34)n2)cc(C(=O)NCCN2CCOCC2)c1.[2H]CI. The predicted octanol–water partition coefficient (Wildman–Crippen LogP) is 9.19. The summed E-state index contributed by atoms with van der Waals surface area (Å²) in [5.74, 6) is 2.11. The van der Waals surface area contributed by atoms with Gasteiger partial charge in [-0.25, -0.2) is 14.5 Å². The monoisotopic (exact) mass is 914 g/mol. The number of carbonyl (C=O) groups is 2. The summed E-state index contributed by atoms with van der Waals surface area (Å²) in [6, 6.07) is 27.5. The van der Waals surface area contributed by atoms with Crippen LogP contribution in [0.15, 0.2) is 97.2 Å². The first-order valence-electron chi connectivity index (χ1n) is 19.5. The van der Waals surface area contributed by atoms with Crippen molar-refractivity contribution in [3.8, 4) is 23.1 Å². The number of ether oxygens (including phenoxy) is 3. The van der Waals surface area contributed by atoms with Crippen molar-refractivity contribution in [3.63, 3.8) is 0 Å². The molecule has 6 aromatic rings. The second-order valence-electron chi connectivity index (χ2n) is 13.7. The molecule has 0 atom stereocenters. The zero-order valence-corrected chi connectivity index (χ0v) is 35.1. The van der Waals surface area contributed by atoms with Crippen molar-refractivity contribution in [2.75, 3.05) is 67.4 Å². The molecule has 7 rings (SSSR count). The molecule has 1 aliphatic heterocycles. The summed E-state index contributed by atoms with van der Waals surface area (Å²) in [6.45, 7) is 10.5. The van der Waals surface area contributed by atoms with E-state index in [-0.39, 0.29) is 25.2 Å². The third-order valence-electron chi connectivity index (χ3n) is 9.29. The molecule has 3 heterocycles. The molecule has 15 heteroatoms. The number of nitrogens with zero attached hydrogens (tertiary/aromatic N) is 5. The van der Waals surface area contributed by atoms with Gasteiger partial charge in [-0.05, 0) is 54.1 Å². The van der Waals surface area contributed by atoms with E-state index in [1.54, 1.807) is 54.4 Å². The molecule has 0 aliphatic carbocycles. The molecule has 2 aromatic heterocycles. The highest BCUT2D eigenvalue weighted by Crippen LogP contribution is 2.35. The van der Waals surface area contributed by atoms with Crippen LogP contribution in [0.5, 0.6) is 17.4 Å². The number of urea groups is 1. The maximum Gasteiger partial charge on any atom is 0.324 e. The largest absolute Gasteiger partial charge is 0.497 e. The fourth-order valence-electron chi connectivity index (χ4n) is 6.27. The first-order chi connectivity index (χ1) is 28.6. The smallest absolute Gasteiger partial charge is 0.324 e. The zero-order valence-electron chi connectivity index (χ0n) is 33.9.